The average Bonchev–Trinajstić information content (AvgIpc) is 2.56. The molecule has 28 heavy (non-hydrogen) atoms. The molecule has 0 spiro atoms. The van der Waals surface area contributed by atoms with Crippen LogP contribution in [-0.2, 0) is 14.6 Å². The number of carbonyl (C=O) groups is 1. The molecule has 0 bridgehead atoms. The molecule has 0 fully saturated rings. The maximum Gasteiger partial charge on any atom is 3.00 e. The third kappa shape index (κ3) is 34.3. The van der Waals surface area contributed by atoms with Crippen molar-refractivity contribution in [2.24, 2.45) is 0 Å². The van der Waals surface area contributed by atoms with E-state index < -0.39 is 0 Å². The van der Waals surface area contributed by atoms with E-state index in [0.29, 0.717) is 6.42 Å². The van der Waals surface area contributed by atoms with Crippen molar-refractivity contribution in [3.05, 3.63) is 0 Å². The largest absolute Gasteiger partial charge is 3.00 e. The van der Waals surface area contributed by atoms with Gasteiger partial charge in [0.25, 0.3) is 0 Å². The Bertz CT molecular complexity index is 284. The molecule has 0 radical (unpaired) electrons. The van der Waals surface area contributed by atoms with Crippen LogP contribution in [-0.4, -0.2) is 29.4 Å². The average molecular weight is 476 g/mol. The summed E-state index contributed by atoms with van der Waals surface area (Å²) in [5.74, 6) is -0.238. The predicted octanol–water partition coefficient (Wildman–Crippen LogP) is -2.24. The van der Waals surface area contributed by atoms with Crippen molar-refractivity contribution in [1.82, 2.24) is 0 Å². The first-order valence-corrected chi connectivity index (χ1v) is 10.5. The molecule has 168 valence electrons. The minimum Gasteiger partial charge on any atom is -1.00 e. The normalized spacial score (nSPS) is 9.57. The van der Waals surface area contributed by atoms with Gasteiger partial charge in [0.15, 0.2) is 0 Å². The molecule has 0 aliphatic carbocycles. The number of unbranched alkanes of at least 4 members (excludes halogenated alkanes) is 14. The Kier molecular flexibility index (Phi) is 45.6. The summed E-state index contributed by atoms with van der Waals surface area (Å²) in [5, 5.41) is 0. The van der Waals surface area contributed by atoms with Crippen LogP contribution in [0.15, 0.2) is 0 Å². The van der Waals surface area contributed by atoms with Crippen LogP contribution >= 0.6 is 0 Å². The molecule has 0 saturated carbocycles. The molecular formula is C21H42AlCl3O3. The zero-order chi connectivity index (χ0) is 17.9. The minimum atomic E-state index is -0.238. The van der Waals surface area contributed by atoms with Crippen LogP contribution in [0.1, 0.15) is 124 Å². The van der Waals surface area contributed by atoms with Crippen LogP contribution in [0.3, 0.4) is 0 Å². The third-order valence-electron chi connectivity index (χ3n) is 4.32. The third-order valence-corrected chi connectivity index (χ3v) is 4.32. The molecular weight excluding hydrogens is 434 g/mol. The van der Waals surface area contributed by atoms with Crippen molar-refractivity contribution >= 4 is 23.3 Å². The molecule has 0 amide bonds. The van der Waals surface area contributed by atoms with E-state index >= 15 is 0 Å². The molecule has 0 aliphatic heterocycles. The summed E-state index contributed by atoms with van der Waals surface area (Å²) in [6, 6.07) is 0. The Labute approximate surface area is 204 Å². The molecule has 0 aromatic heterocycles. The zero-order valence-corrected chi connectivity index (χ0v) is 21.7. The van der Waals surface area contributed by atoms with Gasteiger partial charge in [-0.1, -0.05) is 96.8 Å². The molecule has 3 nitrogen and oxygen atoms in total. The van der Waals surface area contributed by atoms with Crippen LogP contribution in [0.25, 0.3) is 0 Å². The predicted molar refractivity (Wildman–Crippen MR) is 108 cm³/mol. The summed E-state index contributed by atoms with van der Waals surface area (Å²) in [6.45, 7) is 5.97. The van der Waals surface area contributed by atoms with E-state index in [-0.39, 0.29) is 66.7 Å². The van der Waals surface area contributed by atoms with Crippen molar-refractivity contribution in [2.75, 3.05) is 0 Å². The van der Waals surface area contributed by atoms with Gasteiger partial charge in [-0.15, -0.1) is 0 Å². The Balaban J connectivity index is -0.000000441. The maximum atomic E-state index is 11.3. The van der Waals surface area contributed by atoms with Gasteiger partial charge in [-0.3, -0.25) is 4.89 Å². The van der Waals surface area contributed by atoms with Crippen LogP contribution in [0, 0.1) is 0 Å². The number of rotatable bonds is 18. The van der Waals surface area contributed by atoms with Gasteiger partial charge in [-0.25, -0.2) is 4.79 Å². The Morgan fingerprint density at radius 3 is 1.29 bits per heavy atom. The fourth-order valence-electron chi connectivity index (χ4n) is 2.83. The van der Waals surface area contributed by atoms with Gasteiger partial charge in [-0.05, 0) is 20.3 Å². The first kappa shape index (κ1) is 39.3. The summed E-state index contributed by atoms with van der Waals surface area (Å²) in [7, 11) is 0. The van der Waals surface area contributed by atoms with Crippen molar-refractivity contribution in [3.8, 4) is 0 Å². The molecule has 7 heteroatoms. The number of carbonyl (C=O) groups excluding carboxylic acids is 1. The molecule has 0 heterocycles. The van der Waals surface area contributed by atoms with E-state index in [1.807, 2.05) is 13.8 Å². The second-order valence-corrected chi connectivity index (χ2v) is 7.30. The van der Waals surface area contributed by atoms with Crippen molar-refractivity contribution in [1.29, 1.82) is 0 Å². The molecule has 0 saturated heterocycles. The SMILES string of the molecule is CCCCCCCCCCCCCCCCCC(=O)OOC(C)C.[Al+3].[Cl-].[Cl-].[Cl-]. The Hall–Kier alpha value is 0.832. The standard InChI is InChI=1S/C21H42O3.Al.3ClH/c1-4-5-6-7-8-9-10-11-12-13-14-15-16-17-18-19-21(22)24-23-20(2)3;;;;/h20H,4-19H2,1-3H3;;3*1H/q;+3;;;/p-3. The van der Waals surface area contributed by atoms with Gasteiger partial charge in [0.2, 0.25) is 0 Å². The van der Waals surface area contributed by atoms with Gasteiger partial charge in [0, 0.05) is 6.42 Å². The van der Waals surface area contributed by atoms with E-state index in [1.165, 1.54) is 83.5 Å². The minimum absolute atomic E-state index is 0. The molecule has 0 aromatic carbocycles. The van der Waals surface area contributed by atoms with E-state index in [4.69, 9.17) is 4.89 Å². The fourth-order valence-corrected chi connectivity index (χ4v) is 2.83. The molecule has 0 rings (SSSR count). The van der Waals surface area contributed by atoms with Crippen LogP contribution in [0.4, 0.5) is 0 Å². The van der Waals surface area contributed by atoms with Gasteiger partial charge < -0.3 is 37.2 Å². The first-order valence-electron chi connectivity index (χ1n) is 10.5. The second kappa shape index (κ2) is 32.5. The first-order chi connectivity index (χ1) is 11.7. The summed E-state index contributed by atoms with van der Waals surface area (Å²) in [4.78, 5) is 20.8. The molecule has 0 atom stereocenters. The summed E-state index contributed by atoms with van der Waals surface area (Å²) >= 11 is 0. The van der Waals surface area contributed by atoms with Crippen molar-refractivity contribution in [2.45, 2.75) is 130 Å². The van der Waals surface area contributed by atoms with Crippen molar-refractivity contribution < 1.29 is 51.8 Å². The van der Waals surface area contributed by atoms with Crippen LogP contribution in [0.5, 0.6) is 0 Å². The Morgan fingerprint density at radius 1 is 0.643 bits per heavy atom. The molecule has 0 aromatic rings. The smallest absolute Gasteiger partial charge is 1.00 e. The molecule has 0 N–H and O–H groups in total. The van der Waals surface area contributed by atoms with E-state index in [0.717, 1.165) is 12.8 Å². The number of hydrogen-bond acceptors (Lipinski definition) is 3. The summed E-state index contributed by atoms with van der Waals surface area (Å²) < 4.78 is 0. The topological polar surface area (TPSA) is 35.5 Å². The van der Waals surface area contributed by atoms with Gasteiger partial charge in [0.05, 0.1) is 6.10 Å². The van der Waals surface area contributed by atoms with E-state index in [1.54, 1.807) is 0 Å². The van der Waals surface area contributed by atoms with Gasteiger partial charge >= 0.3 is 23.3 Å². The van der Waals surface area contributed by atoms with Crippen LogP contribution < -0.4 is 37.2 Å². The zero-order valence-electron chi connectivity index (χ0n) is 18.3. The monoisotopic (exact) mass is 474 g/mol. The fraction of sp³-hybridized carbons (Fsp3) is 0.952. The second-order valence-electron chi connectivity index (χ2n) is 7.30. The number of hydrogen-bond donors (Lipinski definition) is 0. The van der Waals surface area contributed by atoms with Gasteiger partial charge in [-0.2, -0.15) is 4.89 Å². The summed E-state index contributed by atoms with van der Waals surface area (Å²) in [6.07, 6.45) is 20.4. The molecule has 0 unspecified atom stereocenters. The molecule has 0 aliphatic rings. The van der Waals surface area contributed by atoms with Crippen molar-refractivity contribution in [3.63, 3.8) is 0 Å². The van der Waals surface area contributed by atoms with E-state index in [2.05, 4.69) is 11.8 Å². The van der Waals surface area contributed by atoms with Gasteiger partial charge in [0.1, 0.15) is 0 Å². The maximum absolute atomic E-state index is 11.3. The number of halogens is 3. The summed E-state index contributed by atoms with van der Waals surface area (Å²) in [5.41, 5.74) is 0. The van der Waals surface area contributed by atoms with E-state index in [9.17, 15) is 4.79 Å². The van der Waals surface area contributed by atoms with Crippen LogP contribution in [0.2, 0.25) is 0 Å². The Morgan fingerprint density at radius 2 is 0.964 bits per heavy atom. The quantitative estimate of drug-likeness (QED) is 0.0974.